The second kappa shape index (κ2) is 6.40. The summed E-state index contributed by atoms with van der Waals surface area (Å²) in [7, 11) is 1.93. The summed E-state index contributed by atoms with van der Waals surface area (Å²) >= 11 is 0. The van der Waals surface area contributed by atoms with Crippen LogP contribution in [0.2, 0.25) is 0 Å². The summed E-state index contributed by atoms with van der Waals surface area (Å²) in [5.74, 6) is 0.0803. The maximum atomic E-state index is 12.5. The van der Waals surface area contributed by atoms with E-state index in [2.05, 4.69) is 24.5 Å². The van der Waals surface area contributed by atoms with Crippen molar-refractivity contribution in [2.75, 3.05) is 13.6 Å². The molecule has 20 heavy (non-hydrogen) atoms. The second-order valence-electron chi connectivity index (χ2n) is 6.42. The van der Waals surface area contributed by atoms with Crippen LogP contribution in [0.4, 0.5) is 0 Å². The SMILES string of the molecule is CNCCc1ccccc1C(=O)NC1CCCC1(C)C. The molecule has 0 aromatic heterocycles. The Labute approximate surface area is 122 Å². The Bertz CT molecular complexity index is 468. The van der Waals surface area contributed by atoms with Crippen LogP contribution < -0.4 is 10.6 Å². The molecule has 1 aromatic rings. The van der Waals surface area contributed by atoms with Crippen LogP contribution >= 0.6 is 0 Å². The maximum Gasteiger partial charge on any atom is 0.251 e. The van der Waals surface area contributed by atoms with Gasteiger partial charge < -0.3 is 10.6 Å². The normalized spacial score (nSPS) is 20.9. The molecule has 0 aliphatic heterocycles. The molecule has 3 nitrogen and oxygen atoms in total. The Morgan fingerprint density at radius 2 is 2.10 bits per heavy atom. The lowest BCUT2D eigenvalue weighted by atomic mass is 9.87. The van der Waals surface area contributed by atoms with E-state index in [1.54, 1.807) is 0 Å². The van der Waals surface area contributed by atoms with Crippen LogP contribution in [0.3, 0.4) is 0 Å². The zero-order valence-electron chi connectivity index (χ0n) is 12.8. The molecule has 1 amide bonds. The Morgan fingerprint density at radius 1 is 1.35 bits per heavy atom. The third-order valence-corrected chi connectivity index (χ3v) is 4.47. The van der Waals surface area contributed by atoms with Crippen LogP contribution in [0.25, 0.3) is 0 Å². The summed E-state index contributed by atoms with van der Waals surface area (Å²) in [6.07, 6.45) is 4.38. The standard InChI is InChI=1S/C17H26N2O/c1-17(2)11-6-9-15(17)19-16(20)14-8-5-4-7-13(14)10-12-18-3/h4-5,7-8,15,18H,6,9-12H2,1-3H3,(H,19,20). The molecule has 1 unspecified atom stereocenters. The average molecular weight is 274 g/mol. The van der Waals surface area contributed by atoms with Gasteiger partial charge in [0.2, 0.25) is 0 Å². The minimum absolute atomic E-state index is 0.0803. The summed E-state index contributed by atoms with van der Waals surface area (Å²) in [4.78, 5) is 12.5. The van der Waals surface area contributed by atoms with Gasteiger partial charge in [-0.15, -0.1) is 0 Å². The Kier molecular flexibility index (Phi) is 4.81. The first-order chi connectivity index (χ1) is 9.54. The molecule has 1 aliphatic rings. The van der Waals surface area contributed by atoms with Gasteiger partial charge in [0.05, 0.1) is 0 Å². The molecule has 1 aromatic carbocycles. The summed E-state index contributed by atoms with van der Waals surface area (Å²) in [6.45, 7) is 5.38. The van der Waals surface area contributed by atoms with E-state index >= 15 is 0 Å². The van der Waals surface area contributed by atoms with Gasteiger partial charge in [-0.2, -0.15) is 0 Å². The van der Waals surface area contributed by atoms with E-state index in [0.717, 1.165) is 30.5 Å². The van der Waals surface area contributed by atoms with Gasteiger partial charge in [-0.1, -0.05) is 38.5 Å². The first-order valence-corrected chi connectivity index (χ1v) is 7.58. The molecule has 2 N–H and O–H groups in total. The first kappa shape index (κ1) is 15.0. The highest BCUT2D eigenvalue weighted by molar-refractivity contribution is 5.95. The zero-order valence-corrected chi connectivity index (χ0v) is 12.8. The van der Waals surface area contributed by atoms with E-state index in [4.69, 9.17) is 0 Å². The highest BCUT2D eigenvalue weighted by Crippen LogP contribution is 2.37. The van der Waals surface area contributed by atoms with Crippen molar-refractivity contribution in [1.82, 2.24) is 10.6 Å². The number of benzene rings is 1. The highest BCUT2D eigenvalue weighted by Gasteiger charge is 2.35. The number of carbonyl (C=O) groups excluding carboxylic acids is 1. The lowest BCUT2D eigenvalue weighted by molar-refractivity contribution is 0.0909. The van der Waals surface area contributed by atoms with E-state index in [-0.39, 0.29) is 11.3 Å². The average Bonchev–Trinajstić information content (AvgIpc) is 2.76. The smallest absolute Gasteiger partial charge is 0.251 e. The third kappa shape index (κ3) is 3.40. The number of amides is 1. The molecule has 0 spiro atoms. The molecule has 1 fully saturated rings. The fourth-order valence-electron chi connectivity index (χ4n) is 3.05. The lowest BCUT2D eigenvalue weighted by Gasteiger charge is -2.28. The summed E-state index contributed by atoms with van der Waals surface area (Å²) in [5.41, 5.74) is 2.16. The third-order valence-electron chi connectivity index (χ3n) is 4.47. The van der Waals surface area contributed by atoms with E-state index < -0.39 is 0 Å². The molecular weight excluding hydrogens is 248 g/mol. The zero-order chi connectivity index (χ0) is 14.6. The van der Waals surface area contributed by atoms with E-state index in [0.29, 0.717) is 6.04 Å². The summed E-state index contributed by atoms with van der Waals surface area (Å²) in [5, 5.41) is 6.38. The molecule has 110 valence electrons. The molecule has 0 radical (unpaired) electrons. The van der Waals surface area contributed by atoms with Crippen molar-refractivity contribution in [1.29, 1.82) is 0 Å². The van der Waals surface area contributed by atoms with Crippen molar-refractivity contribution in [3.8, 4) is 0 Å². The minimum Gasteiger partial charge on any atom is -0.349 e. The van der Waals surface area contributed by atoms with Gasteiger partial charge in [-0.25, -0.2) is 0 Å². The van der Waals surface area contributed by atoms with Crippen LogP contribution in [0.1, 0.15) is 49.0 Å². The number of rotatable bonds is 5. The minimum atomic E-state index is 0.0803. The largest absolute Gasteiger partial charge is 0.349 e. The molecule has 3 heteroatoms. The van der Waals surface area contributed by atoms with Gasteiger partial charge in [0.15, 0.2) is 0 Å². The monoisotopic (exact) mass is 274 g/mol. The fraction of sp³-hybridized carbons (Fsp3) is 0.588. The topological polar surface area (TPSA) is 41.1 Å². The highest BCUT2D eigenvalue weighted by atomic mass is 16.1. The predicted molar refractivity (Wildman–Crippen MR) is 83.0 cm³/mol. The van der Waals surface area contributed by atoms with Gasteiger partial charge in [0, 0.05) is 11.6 Å². The van der Waals surface area contributed by atoms with Crippen molar-refractivity contribution in [2.24, 2.45) is 5.41 Å². The van der Waals surface area contributed by atoms with Crippen LogP contribution in [-0.4, -0.2) is 25.5 Å². The van der Waals surface area contributed by atoms with Crippen molar-refractivity contribution in [3.05, 3.63) is 35.4 Å². The summed E-state index contributed by atoms with van der Waals surface area (Å²) in [6, 6.07) is 8.22. The van der Waals surface area contributed by atoms with Gasteiger partial charge in [-0.05, 0) is 49.9 Å². The molecule has 1 atom stereocenters. The predicted octanol–water partition coefficient (Wildman–Crippen LogP) is 2.76. The van der Waals surface area contributed by atoms with Crippen LogP contribution in [0.15, 0.2) is 24.3 Å². The van der Waals surface area contributed by atoms with Gasteiger partial charge in [0.25, 0.3) is 5.91 Å². The Morgan fingerprint density at radius 3 is 2.75 bits per heavy atom. The number of nitrogens with one attached hydrogen (secondary N) is 2. The number of hydrogen-bond donors (Lipinski definition) is 2. The molecular formula is C17H26N2O. The quantitative estimate of drug-likeness (QED) is 0.867. The lowest BCUT2D eigenvalue weighted by Crippen LogP contribution is -2.41. The molecule has 2 rings (SSSR count). The molecule has 1 aliphatic carbocycles. The first-order valence-electron chi connectivity index (χ1n) is 7.58. The fourth-order valence-corrected chi connectivity index (χ4v) is 3.05. The van der Waals surface area contributed by atoms with E-state index in [9.17, 15) is 4.79 Å². The number of hydrogen-bond acceptors (Lipinski definition) is 2. The van der Waals surface area contributed by atoms with Crippen molar-refractivity contribution in [2.45, 2.75) is 45.6 Å². The van der Waals surface area contributed by atoms with Gasteiger partial charge in [-0.3, -0.25) is 4.79 Å². The van der Waals surface area contributed by atoms with Crippen molar-refractivity contribution >= 4 is 5.91 Å². The second-order valence-corrected chi connectivity index (χ2v) is 6.42. The van der Waals surface area contributed by atoms with Gasteiger partial charge in [0.1, 0.15) is 0 Å². The number of likely N-dealkylation sites (N-methyl/N-ethyl adjacent to an activating group) is 1. The number of carbonyl (C=O) groups is 1. The van der Waals surface area contributed by atoms with Crippen LogP contribution in [0.5, 0.6) is 0 Å². The van der Waals surface area contributed by atoms with Crippen molar-refractivity contribution in [3.63, 3.8) is 0 Å². The molecule has 0 saturated heterocycles. The van der Waals surface area contributed by atoms with Crippen molar-refractivity contribution < 1.29 is 4.79 Å². The molecule has 0 bridgehead atoms. The van der Waals surface area contributed by atoms with Crippen LogP contribution in [0, 0.1) is 5.41 Å². The summed E-state index contributed by atoms with van der Waals surface area (Å²) < 4.78 is 0. The van der Waals surface area contributed by atoms with Crippen LogP contribution in [-0.2, 0) is 6.42 Å². The molecule has 1 saturated carbocycles. The Balaban J connectivity index is 2.09. The maximum absolute atomic E-state index is 12.5. The van der Waals surface area contributed by atoms with E-state index in [1.165, 1.54) is 12.8 Å². The Hall–Kier alpha value is -1.35. The van der Waals surface area contributed by atoms with E-state index in [1.807, 2.05) is 31.3 Å². The molecule has 0 heterocycles. The van der Waals surface area contributed by atoms with Gasteiger partial charge >= 0.3 is 0 Å².